The highest BCUT2D eigenvalue weighted by Gasteiger charge is 2.26. The van der Waals surface area contributed by atoms with Gasteiger partial charge in [0.25, 0.3) is 11.8 Å². The molecule has 1 aliphatic heterocycles. The van der Waals surface area contributed by atoms with Gasteiger partial charge in [0.2, 0.25) is 0 Å². The zero-order valence-electron chi connectivity index (χ0n) is 26.0. The zero-order chi connectivity index (χ0) is 33.8. The van der Waals surface area contributed by atoms with Crippen molar-refractivity contribution in [3.63, 3.8) is 0 Å². The molecule has 0 saturated carbocycles. The van der Waals surface area contributed by atoms with E-state index in [0.717, 1.165) is 38.2 Å². The molecule has 10 nitrogen and oxygen atoms in total. The second-order valence-electron chi connectivity index (χ2n) is 11.1. The number of carbonyl (C=O) groups is 2. The molecule has 6 rings (SSSR count). The van der Waals surface area contributed by atoms with Crippen LogP contribution in [0.4, 0.5) is 17.2 Å². The summed E-state index contributed by atoms with van der Waals surface area (Å²) < 4.78 is 11.9. The van der Waals surface area contributed by atoms with Crippen LogP contribution in [-0.4, -0.2) is 60.0 Å². The third-order valence-corrected chi connectivity index (χ3v) is 10.5. The van der Waals surface area contributed by atoms with Gasteiger partial charge in [0.05, 0.1) is 35.7 Å². The summed E-state index contributed by atoms with van der Waals surface area (Å²) >= 11 is 17.7. The van der Waals surface area contributed by atoms with Gasteiger partial charge in [-0.3, -0.25) is 14.5 Å². The molecule has 3 aromatic carbocycles. The van der Waals surface area contributed by atoms with E-state index in [0.29, 0.717) is 31.6 Å². The summed E-state index contributed by atoms with van der Waals surface area (Å²) in [6, 6.07) is 17.8. The molecule has 3 N–H and O–H groups in total. The van der Waals surface area contributed by atoms with Crippen LogP contribution in [0.15, 0.2) is 70.8 Å². The molecule has 0 aliphatic carbocycles. The Morgan fingerprint density at radius 1 is 0.958 bits per heavy atom. The smallest absolute Gasteiger partial charge is 0.258 e. The van der Waals surface area contributed by atoms with Gasteiger partial charge >= 0.3 is 0 Å². The fourth-order valence-electron chi connectivity index (χ4n) is 5.56. The molecule has 0 spiro atoms. The molecular weight excluding hydrogens is 739 g/mol. The van der Waals surface area contributed by atoms with Crippen molar-refractivity contribution in [2.75, 3.05) is 37.9 Å². The maximum Gasteiger partial charge on any atom is 0.258 e. The third kappa shape index (κ3) is 7.23. The van der Waals surface area contributed by atoms with Crippen molar-refractivity contribution in [2.45, 2.75) is 25.4 Å². The Morgan fingerprint density at radius 3 is 2.27 bits per heavy atom. The predicted molar refractivity (Wildman–Crippen MR) is 195 cm³/mol. The first-order valence-electron chi connectivity index (χ1n) is 15.0. The van der Waals surface area contributed by atoms with Crippen LogP contribution in [0.1, 0.15) is 39.1 Å². The van der Waals surface area contributed by atoms with Crippen molar-refractivity contribution in [1.29, 1.82) is 0 Å². The number of amides is 2. The van der Waals surface area contributed by atoms with Crippen molar-refractivity contribution in [3.05, 3.63) is 97.5 Å². The number of rotatable bonds is 10. The van der Waals surface area contributed by atoms with E-state index in [1.807, 2.05) is 18.2 Å². The number of carbonyl (C=O) groups excluding carboxylic acids is 2. The molecule has 14 heteroatoms. The number of nitrogens with zero attached hydrogens (tertiary/aromatic N) is 3. The van der Waals surface area contributed by atoms with Crippen molar-refractivity contribution in [2.24, 2.45) is 0 Å². The van der Waals surface area contributed by atoms with Gasteiger partial charge in [-0.2, -0.15) is 0 Å². The van der Waals surface area contributed by atoms with Crippen molar-refractivity contribution >= 4 is 89.7 Å². The fraction of sp³-hybridized carbons (Fsp3) is 0.235. The summed E-state index contributed by atoms with van der Waals surface area (Å²) in [6.07, 6.45) is 3.20. The van der Waals surface area contributed by atoms with Crippen LogP contribution in [0.3, 0.4) is 0 Å². The lowest BCUT2D eigenvalue weighted by atomic mass is 10.0. The molecule has 0 atom stereocenters. The minimum atomic E-state index is -0.474. The van der Waals surface area contributed by atoms with Gasteiger partial charge in [0, 0.05) is 42.3 Å². The van der Waals surface area contributed by atoms with E-state index in [4.69, 9.17) is 32.7 Å². The van der Waals surface area contributed by atoms with Gasteiger partial charge < -0.3 is 25.4 Å². The first-order chi connectivity index (χ1) is 23.3. The van der Waals surface area contributed by atoms with E-state index in [9.17, 15) is 9.59 Å². The second kappa shape index (κ2) is 15.1. The first kappa shape index (κ1) is 33.9. The predicted octanol–water partition coefficient (Wildman–Crippen LogP) is 8.17. The third-order valence-electron chi connectivity index (χ3n) is 8.06. The van der Waals surface area contributed by atoms with Gasteiger partial charge in [0.1, 0.15) is 20.8 Å². The summed E-state index contributed by atoms with van der Waals surface area (Å²) in [6.45, 7) is 2.81. The molecule has 2 amide bonds. The van der Waals surface area contributed by atoms with E-state index in [-0.39, 0.29) is 39.2 Å². The Labute approximate surface area is 299 Å². The van der Waals surface area contributed by atoms with E-state index in [1.54, 1.807) is 17.5 Å². The number of methoxy groups -OCH3 is 2. The number of nitrogens with one attached hydrogen (secondary N) is 3. The molecular formula is C34H31BrCl2N6O4S. The zero-order valence-corrected chi connectivity index (χ0v) is 29.9. The second-order valence-corrected chi connectivity index (χ2v) is 13.5. The van der Waals surface area contributed by atoms with Crippen LogP contribution in [0.25, 0.3) is 10.2 Å². The maximum absolute atomic E-state index is 13.4. The van der Waals surface area contributed by atoms with Crippen LogP contribution in [0.2, 0.25) is 10.0 Å². The molecule has 248 valence electrons. The molecule has 1 fully saturated rings. The summed E-state index contributed by atoms with van der Waals surface area (Å²) in [4.78, 5) is 37.7. The Morgan fingerprint density at radius 2 is 1.62 bits per heavy atom. The summed E-state index contributed by atoms with van der Waals surface area (Å²) in [5, 5.41) is 11.2. The van der Waals surface area contributed by atoms with E-state index in [1.165, 1.54) is 37.4 Å². The maximum atomic E-state index is 13.4. The SMILES string of the molecule is COc1c(Cl)c(NC(=O)c2csc3c(Nc4ccc(C(=O)NC5CCN(Cc6ccccc6)CC5)cc4)ncnc23)c(Cl)c(OC)c1Br. The lowest BCUT2D eigenvalue weighted by Crippen LogP contribution is -2.44. The van der Waals surface area contributed by atoms with Gasteiger partial charge in [-0.1, -0.05) is 53.5 Å². The lowest BCUT2D eigenvalue weighted by molar-refractivity contribution is 0.0908. The molecule has 1 aliphatic rings. The van der Waals surface area contributed by atoms with E-state index in [2.05, 4.69) is 71.0 Å². The number of likely N-dealkylation sites (tertiary alicyclic amines) is 1. The van der Waals surface area contributed by atoms with E-state index >= 15 is 0 Å². The minimum absolute atomic E-state index is 0.0948. The van der Waals surface area contributed by atoms with Crippen LogP contribution in [0, 0.1) is 0 Å². The topological polar surface area (TPSA) is 118 Å². The molecule has 0 unspecified atom stereocenters. The van der Waals surface area contributed by atoms with Crippen molar-refractivity contribution in [3.8, 4) is 11.5 Å². The Bertz CT molecular complexity index is 1920. The highest BCUT2D eigenvalue weighted by atomic mass is 79.9. The number of piperidine rings is 1. The van der Waals surface area contributed by atoms with Gasteiger partial charge in [-0.05, 0) is 58.6 Å². The monoisotopic (exact) mass is 768 g/mol. The highest BCUT2D eigenvalue weighted by molar-refractivity contribution is 9.10. The summed E-state index contributed by atoms with van der Waals surface area (Å²) in [5.74, 6) is 0.480. The number of fused-ring (bicyclic) bond motifs is 1. The standard InChI is InChI=1S/C34H31BrCl2N6O4S/c1-46-29-24(35)30(47-2)26(37)28(25(29)36)42-34(45)23-17-48-31-27(23)38-18-39-32(31)40-21-10-8-20(9-11-21)33(44)41-22-12-14-43(15-13-22)16-19-6-4-3-5-7-19/h3-11,17-18,22H,12-16H2,1-2H3,(H,41,44)(H,42,45)(H,38,39,40). The number of aromatic nitrogens is 2. The summed E-state index contributed by atoms with van der Waals surface area (Å²) in [7, 11) is 2.89. The molecule has 48 heavy (non-hydrogen) atoms. The normalized spacial score (nSPS) is 13.7. The largest absolute Gasteiger partial charge is 0.494 e. The van der Waals surface area contributed by atoms with Crippen molar-refractivity contribution in [1.82, 2.24) is 20.2 Å². The van der Waals surface area contributed by atoms with Gasteiger partial charge in [-0.15, -0.1) is 11.3 Å². The highest BCUT2D eigenvalue weighted by Crippen LogP contribution is 2.50. The van der Waals surface area contributed by atoms with E-state index < -0.39 is 5.91 Å². The fourth-order valence-corrected chi connectivity index (χ4v) is 8.12. The van der Waals surface area contributed by atoms with Crippen LogP contribution in [0.5, 0.6) is 11.5 Å². The number of hydrogen-bond donors (Lipinski definition) is 3. The Kier molecular flexibility index (Phi) is 10.7. The number of hydrogen-bond acceptors (Lipinski definition) is 9. The van der Waals surface area contributed by atoms with Gasteiger partial charge in [-0.25, -0.2) is 9.97 Å². The van der Waals surface area contributed by atoms with Crippen LogP contribution >= 0.6 is 50.5 Å². The number of halogens is 3. The summed E-state index contributed by atoms with van der Waals surface area (Å²) in [5.41, 5.74) is 3.51. The molecule has 3 heterocycles. The van der Waals surface area contributed by atoms with Gasteiger partial charge in [0.15, 0.2) is 17.3 Å². The molecule has 2 aromatic heterocycles. The number of benzene rings is 3. The average Bonchev–Trinajstić information content (AvgIpc) is 3.54. The number of ether oxygens (including phenoxy) is 2. The number of thiophene rings is 1. The van der Waals surface area contributed by atoms with Crippen molar-refractivity contribution < 1.29 is 19.1 Å². The Hall–Kier alpha value is -3.94. The molecule has 0 radical (unpaired) electrons. The molecule has 5 aromatic rings. The minimum Gasteiger partial charge on any atom is -0.494 e. The average molecular weight is 771 g/mol. The first-order valence-corrected chi connectivity index (χ1v) is 17.5. The lowest BCUT2D eigenvalue weighted by Gasteiger charge is -2.32. The quantitative estimate of drug-likeness (QED) is 0.130. The molecule has 1 saturated heterocycles. The van der Waals surface area contributed by atoms with Crippen LogP contribution < -0.4 is 25.4 Å². The van der Waals surface area contributed by atoms with Crippen LogP contribution in [-0.2, 0) is 6.54 Å². The number of anilines is 3. The molecule has 0 bridgehead atoms. The Balaban J connectivity index is 1.10.